The van der Waals surface area contributed by atoms with Gasteiger partial charge in [0.25, 0.3) is 0 Å². The van der Waals surface area contributed by atoms with E-state index in [4.69, 9.17) is 0 Å². The Labute approximate surface area is 117 Å². The molecule has 100 valence electrons. The van der Waals surface area contributed by atoms with Crippen molar-refractivity contribution >= 4 is 21.8 Å². The summed E-state index contributed by atoms with van der Waals surface area (Å²) >= 11 is 3.35. The van der Waals surface area contributed by atoms with Gasteiger partial charge in [0.2, 0.25) is 5.91 Å². The summed E-state index contributed by atoms with van der Waals surface area (Å²) in [6.07, 6.45) is -0.198. The van der Waals surface area contributed by atoms with Crippen LogP contribution in [0.5, 0.6) is 0 Å². The van der Waals surface area contributed by atoms with E-state index < -0.39 is 6.10 Å². The van der Waals surface area contributed by atoms with Crippen LogP contribution in [-0.4, -0.2) is 23.7 Å². The smallest absolute Gasteiger partial charge is 0.224 e. The normalized spacial score (nSPS) is 13.2. The van der Waals surface area contributed by atoms with Gasteiger partial charge >= 0.3 is 0 Å². The summed E-state index contributed by atoms with van der Waals surface area (Å²) in [5, 5.41) is 12.6. The van der Waals surface area contributed by atoms with Crippen LogP contribution in [0.1, 0.15) is 26.3 Å². The fourth-order valence-electron chi connectivity index (χ4n) is 1.37. The van der Waals surface area contributed by atoms with Crippen molar-refractivity contribution in [1.82, 2.24) is 5.32 Å². The van der Waals surface area contributed by atoms with E-state index in [1.165, 1.54) is 0 Å². The molecule has 0 radical (unpaired) electrons. The number of rotatable bonds is 4. The number of carbonyl (C=O) groups is 1. The molecule has 0 aliphatic heterocycles. The van der Waals surface area contributed by atoms with Crippen molar-refractivity contribution in [3.63, 3.8) is 0 Å². The zero-order valence-electron chi connectivity index (χ0n) is 11.0. The molecule has 0 aliphatic rings. The Bertz CT molecular complexity index is 395. The van der Waals surface area contributed by atoms with E-state index in [1.54, 1.807) is 0 Å². The van der Waals surface area contributed by atoms with Crippen molar-refractivity contribution < 1.29 is 9.90 Å². The summed E-state index contributed by atoms with van der Waals surface area (Å²) in [7, 11) is 0. The van der Waals surface area contributed by atoms with Crippen molar-refractivity contribution in [2.24, 2.45) is 5.41 Å². The Balaban J connectivity index is 2.41. The van der Waals surface area contributed by atoms with Gasteiger partial charge < -0.3 is 10.4 Å². The van der Waals surface area contributed by atoms with Gasteiger partial charge in [-0.2, -0.15) is 0 Å². The maximum absolute atomic E-state index is 11.7. The van der Waals surface area contributed by atoms with E-state index in [9.17, 15) is 9.90 Å². The maximum Gasteiger partial charge on any atom is 0.224 e. The van der Waals surface area contributed by atoms with Crippen molar-refractivity contribution in [2.45, 2.75) is 33.3 Å². The first-order valence-electron chi connectivity index (χ1n) is 5.98. The lowest BCUT2D eigenvalue weighted by Gasteiger charge is -2.25. The van der Waals surface area contributed by atoms with E-state index in [2.05, 4.69) is 21.2 Å². The molecule has 0 saturated heterocycles. The van der Waals surface area contributed by atoms with E-state index in [-0.39, 0.29) is 11.3 Å². The van der Waals surface area contributed by atoms with E-state index in [0.717, 1.165) is 10.0 Å². The van der Waals surface area contributed by atoms with Gasteiger partial charge in [-0.1, -0.05) is 48.8 Å². The third kappa shape index (κ3) is 5.19. The first-order chi connectivity index (χ1) is 8.29. The quantitative estimate of drug-likeness (QED) is 0.897. The van der Waals surface area contributed by atoms with Gasteiger partial charge in [-0.3, -0.25) is 4.79 Å². The molecular weight excluding hydrogens is 294 g/mol. The van der Waals surface area contributed by atoms with Crippen LogP contribution in [0, 0.1) is 5.41 Å². The number of aliphatic hydroxyl groups excluding tert-OH is 1. The predicted octanol–water partition coefficient (Wildman–Crippen LogP) is 2.51. The third-order valence-electron chi connectivity index (χ3n) is 2.77. The minimum Gasteiger partial charge on any atom is -0.391 e. The largest absolute Gasteiger partial charge is 0.391 e. The first kappa shape index (κ1) is 15.2. The van der Waals surface area contributed by atoms with Crippen LogP contribution >= 0.6 is 15.9 Å². The molecule has 1 amide bonds. The molecule has 18 heavy (non-hydrogen) atoms. The van der Waals surface area contributed by atoms with Crippen LogP contribution in [-0.2, 0) is 11.2 Å². The molecule has 0 spiro atoms. The number of amides is 1. The van der Waals surface area contributed by atoms with Crippen LogP contribution in [0.3, 0.4) is 0 Å². The predicted molar refractivity (Wildman–Crippen MR) is 76.3 cm³/mol. The first-order valence-corrected chi connectivity index (χ1v) is 6.77. The second kappa shape index (κ2) is 6.34. The molecule has 0 heterocycles. The highest BCUT2D eigenvalue weighted by Gasteiger charge is 2.22. The molecule has 1 atom stereocenters. The molecule has 1 unspecified atom stereocenters. The highest BCUT2D eigenvalue weighted by Crippen LogP contribution is 2.18. The van der Waals surface area contributed by atoms with Gasteiger partial charge in [-0.05, 0) is 23.1 Å². The Morgan fingerprint density at radius 2 is 1.89 bits per heavy atom. The summed E-state index contributed by atoms with van der Waals surface area (Å²) in [6.45, 7) is 6.12. The molecule has 0 saturated carbocycles. The Kier molecular flexibility index (Phi) is 5.35. The second-order valence-corrected chi connectivity index (χ2v) is 6.40. The summed E-state index contributed by atoms with van der Waals surface area (Å²) in [4.78, 5) is 11.7. The van der Waals surface area contributed by atoms with Gasteiger partial charge in [-0.15, -0.1) is 0 Å². The Morgan fingerprint density at radius 3 is 2.39 bits per heavy atom. The molecule has 1 aromatic rings. The molecular formula is C14H20BrNO2. The van der Waals surface area contributed by atoms with Crippen molar-refractivity contribution in [3.8, 4) is 0 Å². The summed E-state index contributed by atoms with van der Waals surface area (Å²) in [5.41, 5.74) is 0.742. The SMILES string of the molecule is CC(C)(C)C(O)CNC(=O)Cc1ccc(Br)cc1. The van der Waals surface area contributed by atoms with Crippen LogP contribution in [0.25, 0.3) is 0 Å². The molecule has 0 aromatic heterocycles. The highest BCUT2D eigenvalue weighted by atomic mass is 79.9. The van der Waals surface area contributed by atoms with Gasteiger partial charge in [0.1, 0.15) is 0 Å². The summed E-state index contributed by atoms with van der Waals surface area (Å²) < 4.78 is 0.995. The number of nitrogens with one attached hydrogen (secondary N) is 1. The number of benzene rings is 1. The molecule has 4 heteroatoms. The van der Waals surface area contributed by atoms with Crippen LogP contribution < -0.4 is 5.32 Å². The second-order valence-electron chi connectivity index (χ2n) is 5.49. The number of carbonyl (C=O) groups excluding carboxylic acids is 1. The van der Waals surface area contributed by atoms with Crippen molar-refractivity contribution in [3.05, 3.63) is 34.3 Å². The molecule has 0 fully saturated rings. The number of hydrogen-bond acceptors (Lipinski definition) is 2. The van der Waals surface area contributed by atoms with E-state index in [1.807, 2.05) is 45.0 Å². The van der Waals surface area contributed by atoms with Crippen LogP contribution in [0.2, 0.25) is 0 Å². The molecule has 1 rings (SSSR count). The third-order valence-corrected chi connectivity index (χ3v) is 3.30. The Hall–Kier alpha value is -0.870. The molecule has 3 nitrogen and oxygen atoms in total. The highest BCUT2D eigenvalue weighted by molar-refractivity contribution is 9.10. The minimum atomic E-state index is -0.536. The Morgan fingerprint density at radius 1 is 1.33 bits per heavy atom. The summed E-state index contributed by atoms with van der Waals surface area (Å²) in [6, 6.07) is 7.63. The minimum absolute atomic E-state index is 0.0689. The zero-order chi connectivity index (χ0) is 13.8. The van der Waals surface area contributed by atoms with Gasteiger partial charge in [0, 0.05) is 11.0 Å². The molecule has 0 aliphatic carbocycles. The lowest BCUT2D eigenvalue weighted by atomic mass is 9.89. The van der Waals surface area contributed by atoms with Crippen LogP contribution in [0.15, 0.2) is 28.7 Å². The number of halogens is 1. The van der Waals surface area contributed by atoms with Crippen molar-refractivity contribution in [2.75, 3.05) is 6.54 Å². The number of aliphatic hydroxyl groups is 1. The van der Waals surface area contributed by atoms with Gasteiger partial charge in [0.05, 0.1) is 12.5 Å². The average Bonchev–Trinajstić information content (AvgIpc) is 2.28. The average molecular weight is 314 g/mol. The monoisotopic (exact) mass is 313 g/mol. The van der Waals surface area contributed by atoms with E-state index in [0.29, 0.717) is 13.0 Å². The van der Waals surface area contributed by atoms with Crippen molar-refractivity contribution in [1.29, 1.82) is 0 Å². The van der Waals surface area contributed by atoms with Gasteiger partial charge in [-0.25, -0.2) is 0 Å². The topological polar surface area (TPSA) is 49.3 Å². The zero-order valence-corrected chi connectivity index (χ0v) is 12.6. The molecule has 1 aromatic carbocycles. The maximum atomic E-state index is 11.7. The van der Waals surface area contributed by atoms with E-state index >= 15 is 0 Å². The van der Waals surface area contributed by atoms with Crippen LogP contribution in [0.4, 0.5) is 0 Å². The fourth-order valence-corrected chi connectivity index (χ4v) is 1.63. The summed E-state index contributed by atoms with van der Waals surface area (Å²) in [5.74, 6) is -0.0689. The standard InChI is InChI=1S/C14H20BrNO2/c1-14(2,3)12(17)9-16-13(18)8-10-4-6-11(15)7-5-10/h4-7,12,17H,8-9H2,1-3H3,(H,16,18). The molecule has 2 N–H and O–H groups in total. The number of hydrogen-bond donors (Lipinski definition) is 2. The lowest BCUT2D eigenvalue weighted by Crippen LogP contribution is -2.39. The molecule has 0 bridgehead atoms. The van der Waals surface area contributed by atoms with Gasteiger partial charge in [0.15, 0.2) is 0 Å². The lowest BCUT2D eigenvalue weighted by molar-refractivity contribution is -0.121. The fraction of sp³-hybridized carbons (Fsp3) is 0.500.